The number of nitrogens with zero attached hydrogens (tertiary/aromatic N) is 5. The van der Waals surface area contributed by atoms with Crippen LogP contribution in [0.25, 0.3) is 32.5 Å². The monoisotopic (exact) mass is 413 g/mol. The number of amides is 1. The number of alkyl carbamates (subject to hydrolysis) is 1. The molecule has 0 saturated heterocycles. The fourth-order valence-corrected chi connectivity index (χ4v) is 4.40. The van der Waals surface area contributed by atoms with Crippen LogP contribution in [0.15, 0.2) is 29.6 Å². The predicted octanol–water partition coefficient (Wildman–Crippen LogP) is 3.28. The van der Waals surface area contributed by atoms with Crippen LogP contribution < -0.4 is 5.32 Å². The summed E-state index contributed by atoms with van der Waals surface area (Å²) in [5.41, 5.74) is 3.69. The first-order chi connectivity index (χ1) is 13.6. The van der Waals surface area contributed by atoms with Crippen molar-refractivity contribution in [1.29, 1.82) is 0 Å². The second-order valence-corrected chi connectivity index (χ2v) is 7.67. The Morgan fingerprint density at radius 1 is 1.21 bits per heavy atom. The molecule has 0 atom stereocenters. The lowest BCUT2D eigenvalue weighted by Gasteiger charge is -1.99. The number of tetrazole rings is 1. The van der Waals surface area contributed by atoms with Crippen LogP contribution in [0, 0.1) is 6.92 Å². The minimum Gasteiger partial charge on any atom is -0.453 e. The van der Waals surface area contributed by atoms with E-state index < -0.39 is 6.09 Å². The van der Waals surface area contributed by atoms with E-state index in [1.54, 1.807) is 11.3 Å². The number of carbonyl (C=O) groups excluding carboxylic acids is 1. The van der Waals surface area contributed by atoms with Gasteiger partial charge in [0, 0.05) is 16.5 Å². The van der Waals surface area contributed by atoms with Crippen molar-refractivity contribution in [2.45, 2.75) is 13.5 Å². The molecule has 0 aliphatic heterocycles. The average Bonchev–Trinajstić information content (AvgIpc) is 3.47. The van der Waals surface area contributed by atoms with E-state index in [4.69, 9.17) is 4.98 Å². The first-order valence-corrected chi connectivity index (χ1v) is 9.92. The second kappa shape index (κ2) is 7.82. The Kier molecular flexibility index (Phi) is 5.08. The minimum absolute atomic E-state index is 0.327. The van der Waals surface area contributed by atoms with Gasteiger partial charge in [-0.1, -0.05) is 24.3 Å². The second-order valence-electron chi connectivity index (χ2n) is 5.73. The molecule has 9 nitrogen and oxygen atoms in total. The van der Waals surface area contributed by atoms with Crippen LogP contribution in [-0.4, -0.2) is 43.8 Å². The van der Waals surface area contributed by atoms with Crippen LogP contribution in [0.2, 0.25) is 0 Å². The summed E-state index contributed by atoms with van der Waals surface area (Å²) in [5.74, 6) is 0.625. The van der Waals surface area contributed by atoms with E-state index in [0.29, 0.717) is 12.4 Å². The summed E-state index contributed by atoms with van der Waals surface area (Å²) in [6.45, 7) is 2.26. The molecule has 0 spiro atoms. The molecule has 0 fully saturated rings. The summed E-state index contributed by atoms with van der Waals surface area (Å²) in [6, 6.07) is 7.89. The number of hydrogen-bond donors (Lipinski definition) is 2. The van der Waals surface area contributed by atoms with Gasteiger partial charge in [0.05, 0.1) is 29.9 Å². The van der Waals surface area contributed by atoms with Crippen molar-refractivity contribution < 1.29 is 9.53 Å². The maximum atomic E-state index is 11.2. The summed E-state index contributed by atoms with van der Waals surface area (Å²) in [7, 11) is 1.33. The predicted molar refractivity (Wildman–Crippen MR) is 106 cm³/mol. The van der Waals surface area contributed by atoms with Crippen molar-refractivity contribution in [3.8, 4) is 32.5 Å². The molecule has 142 valence electrons. The van der Waals surface area contributed by atoms with Gasteiger partial charge in [-0.15, -0.1) is 27.8 Å². The molecule has 0 aliphatic carbocycles. The van der Waals surface area contributed by atoms with Crippen molar-refractivity contribution in [3.63, 3.8) is 0 Å². The molecule has 4 rings (SSSR count). The zero-order valence-electron chi connectivity index (χ0n) is 15.0. The van der Waals surface area contributed by atoms with Gasteiger partial charge in [0.1, 0.15) is 10.0 Å². The van der Waals surface area contributed by atoms with Gasteiger partial charge >= 0.3 is 6.09 Å². The topological polar surface area (TPSA) is 119 Å². The van der Waals surface area contributed by atoms with Crippen LogP contribution in [0.4, 0.5) is 4.79 Å². The smallest absolute Gasteiger partial charge is 0.407 e. The highest BCUT2D eigenvalue weighted by Gasteiger charge is 2.14. The minimum atomic E-state index is -0.477. The molecule has 0 aliphatic rings. The number of H-pyrrole nitrogens is 1. The number of methoxy groups -OCH3 is 1. The Hall–Kier alpha value is -3.18. The quantitative estimate of drug-likeness (QED) is 0.515. The van der Waals surface area contributed by atoms with Gasteiger partial charge in [-0.2, -0.15) is 0 Å². The molecular weight excluding hydrogens is 398 g/mol. The molecule has 2 N–H and O–H groups in total. The van der Waals surface area contributed by atoms with Gasteiger partial charge in [-0.3, -0.25) is 0 Å². The van der Waals surface area contributed by atoms with E-state index in [-0.39, 0.29) is 0 Å². The van der Waals surface area contributed by atoms with Gasteiger partial charge in [0.25, 0.3) is 0 Å². The summed E-state index contributed by atoms with van der Waals surface area (Å²) < 4.78 is 4.58. The van der Waals surface area contributed by atoms with Crippen LogP contribution in [0.1, 0.15) is 10.7 Å². The lowest BCUT2D eigenvalue weighted by molar-refractivity contribution is 0.170. The standard InChI is InChI=1S/C17H15N7O2S2/c1-9-14(28-13(19-9)7-18-17(25)26-2)12-8-27-16(20-12)11-5-3-10(4-6-11)15-21-23-24-22-15/h3-6,8H,7H2,1-2H3,(H,18,25)(H,21,22,23,24). The summed E-state index contributed by atoms with van der Waals surface area (Å²) in [6.07, 6.45) is -0.477. The number of aromatic nitrogens is 6. The zero-order chi connectivity index (χ0) is 19.5. The molecule has 0 unspecified atom stereocenters. The van der Waals surface area contributed by atoms with E-state index in [1.807, 2.05) is 36.6 Å². The zero-order valence-corrected chi connectivity index (χ0v) is 16.6. The molecule has 11 heteroatoms. The highest BCUT2D eigenvalue weighted by Crippen LogP contribution is 2.34. The normalized spacial score (nSPS) is 10.8. The third kappa shape index (κ3) is 3.75. The number of nitrogens with one attached hydrogen (secondary N) is 2. The van der Waals surface area contributed by atoms with Crippen LogP contribution in [0.5, 0.6) is 0 Å². The first kappa shape index (κ1) is 18.2. The highest BCUT2D eigenvalue weighted by atomic mass is 32.1. The fraction of sp³-hybridized carbons (Fsp3) is 0.176. The number of carbonyl (C=O) groups is 1. The molecule has 0 bridgehead atoms. The van der Waals surface area contributed by atoms with E-state index in [2.05, 4.69) is 35.7 Å². The van der Waals surface area contributed by atoms with Crippen molar-refractivity contribution in [2.75, 3.05) is 7.11 Å². The summed E-state index contributed by atoms with van der Waals surface area (Å²) in [5, 5.41) is 20.2. The Morgan fingerprint density at radius 2 is 2.00 bits per heavy atom. The molecule has 4 aromatic rings. The number of ether oxygens (including phenoxy) is 1. The van der Waals surface area contributed by atoms with Gasteiger partial charge in [0.2, 0.25) is 0 Å². The SMILES string of the molecule is COC(=O)NCc1nc(C)c(-c2csc(-c3ccc(-c4nnn[nH]4)cc3)n2)s1. The molecule has 0 radical (unpaired) electrons. The Morgan fingerprint density at radius 3 is 2.71 bits per heavy atom. The average molecular weight is 413 g/mol. The van der Waals surface area contributed by atoms with Gasteiger partial charge in [-0.25, -0.2) is 19.9 Å². The number of hydrogen-bond acceptors (Lipinski definition) is 9. The number of benzene rings is 1. The lowest BCUT2D eigenvalue weighted by atomic mass is 10.1. The van der Waals surface area contributed by atoms with Crippen LogP contribution >= 0.6 is 22.7 Å². The first-order valence-electron chi connectivity index (χ1n) is 8.22. The number of rotatable bonds is 5. The Labute approximate surface area is 167 Å². The largest absolute Gasteiger partial charge is 0.453 e. The van der Waals surface area contributed by atoms with Crippen molar-refractivity contribution in [2.24, 2.45) is 0 Å². The third-order valence-electron chi connectivity index (χ3n) is 3.90. The van der Waals surface area contributed by atoms with Gasteiger partial charge in [0.15, 0.2) is 5.82 Å². The van der Waals surface area contributed by atoms with Crippen molar-refractivity contribution >= 4 is 28.8 Å². The third-order valence-corrected chi connectivity index (χ3v) is 5.97. The van der Waals surface area contributed by atoms with E-state index in [9.17, 15) is 4.79 Å². The van der Waals surface area contributed by atoms with Crippen molar-refractivity contribution in [3.05, 3.63) is 40.3 Å². The van der Waals surface area contributed by atoms with E-state index >= 15 is 0 Å². The maximum absolute atomic E-state index is 11.2. The number of thiazole rings is 2. The van der Waals surface area contributed by atoms with E-state index in [1.165, 1.54) is 18.4 Å². The fourth-order valence-electron chi connectivity index (χ4n) is 2.55. The van der Waals surface area contributed by atoms with Crippen molar-refractivity contribution in [1.82, 2.24) is 35.9 Å². The molecule has 1 amide bonds. The maximum Gasteiger partial charge on any atom is 0.407 e. The Balaban J connectivity index is 1.53. The molecule has 1 aromatic carbocycles. The van der Waals surface area contributed by atoms with Gasteiger partial charge < -0.3 is 10.1 Å². The molecule has 0 saturated carbocycles. The summed E-state index contributed by atoms with van der Waals surface area (Å²) in [4.78, 5) is 21.5. The number of aryl methyl sites for hydroxylation is 1. The van der Waals surface area contributed by atoms with E-state index in [0.717, 1.165) is 37.4 Å². The summed E-state index contributed by atoms with van der Waals surface area (Å²) >= 11 is 3.08. The molecule has 3 aromatic heterocycles. The number of aromatic amines is 1. The Bertz CT molecular complexity index is 1090. The van der Waals surface area contributed by atoms with Gasteiger partial charge in [-0.05, 0) is 17.4 Å². The molecular formula is C17H15N7O2S2. The van der Waals surface area contributed by atoms with Crippen LogP contribution in [0.3, 0.4) is 0 Å². The molecule has 3 heterocycles. The molecule has 28 heavy (non-hydrogen) atoms. The lowest BCUT2D eigenvalue weighted by Crippen LogP contribution is -2.22. The van der Waals surface area contributed by atoms with Crippen LogP contribution in [-0.2, 0) is 11.3 Å². The highest BCUT2D eigenvalue weighted by molar-refractivity contribution is 7.16.